The molecular weight excluding hydrogens is 158 g/mol. The summed E-state index contributed by atoms with van der Waals surface area (Å²) in [4.78, 5) is 2.68. The molecule has 13 heavy (non-hydrogen) atoms. The molecule has 0 aromatic carbocycles. The van der Waals surface area contributed by atoms with E-state index in [-0.39, 0.29) is 0 Å². The third-order valence-electron chi connectivity index (χ3n) is 3.51. The molecule has 2 rings (SSSR count). The fourth-order valence-corrected chi connectivity index (χ4v) is 2.72. The second-order valence-electron chi connectivity index (χ2n) is 4.68. The summed E-state index contributed by atoms with van der Waals surface area (Å²) in [5, 5.41) is 0. The Labute approximate surface area is 81.8 Å². The van der Waals surface area contributed by atoms with Crippen LogP contribution in [0.5, 0.6) is 0 Å². The molecule has 74 valence electrons. The highest BCUT2D eigenvalue weighted by Gasteiger charge is 2.24. The lowest BCUT2D eigenvalue weighted by Crippen LogP contribution is -2.40. The van der Waals surface area contributed by atoms with Crippen LogP contribution in [0.25, 0.3) is 0 Å². The first-order valence-electron chi connectivity index (χ1n) is 5.75. The first-order chi connectivity index (χ1) is 6.36. The quantitative estimate of drug-likeness (QED) is 0.559. The summed E-state index contributed by atoms with van der Waals surface area (Å²) < 4.78 is 0. The van der Waals surface area contributed by atoms with Gasteiger partial charge >= 0.3 is 0 Å². The molecule has 1 aliphatic carbocycles. The maximum Gasteiger partial charge on any atom is 0.0166 e. The van der Waals surface area contributed by atoms with Gasteiger partial charge < -0.3 is 0 Å². The van der Waals surface area contributed by atoms with Gasteiger partial charge in [-0.05, 0) is 25.2 Å². The molecule has 0 saturated heterocycles. The zero-order valence-electron chi connectivity index (χ0n) is 8.71. The molecule has 1 nitrogen and oxygen atoms in total. The molecule has 0 aromatic rings. The third kappa shape index (κ3) is 2.34. The average molecular weight is 179 g/mol. The van der Waals surface area contributed by atoms with E-state index in [1.807, 2.05) is 0 Å². The van der Waals surface area contributed by atoms with Crippen molar-refractivity contribution in [2.45, 2.75) is 45.1 Å². The molecule has 0 spiro atoms. The molecule has 1 saturated carbocycles. The van der Waals surface area contributed by atoms with E-state index in [1.165, 1.54) is 45.2 Å². The predicted octanol–water partition coefficient (Wildman–Crippen LogP) is 2.83. The Morgan fingerprint density at radius 3 is 2.85 bits per heavy atom. The molecule has 0 N–H and O–H groups in total. The maximum atomic E-state index is 2.68. The van der Waals surface area contributed by atoms with Crippen molar-refractivity contribution in [3.05, 3.63) is 12.2 Å². The lowest BCUT2D eigenvalue weighted by atomic mass is 9.86. The Balaban J connectivity index is 1.88. The van der Waals surface area contributed by atoms with Gasteiger partial charge in [-0.15, -0.1) is 0 Å². The molecule has 0 aromatic heterocycles. The monoisotopic (exact) mass is 179 g/mol. The van der Waals surface area contributed by atoms with Crippen molar-refractivity contribution in [2.24, 2.45) is 5.92 Å². The normalized spacial score (nSPS) is 36.4. The smallest absolute Gasteiger partial charge is 0.0166 e. The molecular formula is C12H21N. The highest BCUT2D eigenvalue weighted by Crippen LogP contribution is 2.27. The van der Waals surface area contributed by atoms with Crippen molar-refractivity contribution < 1.29 is 0 Å². The zero-order valence-corrected chi connectivity index (χ0v) is 8.71. The van der Waals surface area contributed by atoms with Gasteiger partial charge in [0.25, 0.3) is 0 Å². The van der Waals surface area contributed by atoms with Gasteiger partial charge in [0.05, 0.1) is 0 Å². The van der Waals surface area contributed by atoms with Crippen LogP contribution in [0, 0.1) is 5.92 Å². The Bertz CT molecular complexity index is 186. The summed E-state index contributed by atoms with van der Waals surface area (Å²) in [7, 11) is 0. The molecule has 0 radical (unpaired) electrons. The first kappa shape index (κ1) is 9.26. The van der Waals surface area contributed by atoms with Crippen molar-refractivity contribution in [3.63, 3.8) is 0 Å². The van der Waals surface area contributed by atoms with Crippen LogP contribution in [0.2, 0.25) is 0 Å². The fourth-order valence-electron chi connectivity index (χ4n) is 2.72. The topological polar surface area (TPSA) is 3.24 Å². The number of hydrogen-bond acceptors (Lipinski definition) is 1. The molecule has 2 atom stereocenters. The first-order valence-corrected chi connectivity index (χ1v) is 5.75. The largest absolute Gasteiger partial charge is 0.296 e. The predicted molar refractivity (Wildman–Crippen MR) is 56.8 cm³/mol. The van der Waals surface area contributed by atoms with Crippen molar-refractivity contribution in [2.75, 3.05) is 13.1 Å². The summed E-state index contributed by atoms with van der Waals surface area (Å²) in [5.74, 6) is 0.963. The average Bonchev–Trinajstić information content (AvgIpc) is 2.19. The molecule has 1 heterocycles. The highest BCUT2D eigenvalue weighted by atomic mass is 15.2. The van der Waals surface area contributed by atoms with Crippen LogP contribution in [0.3, 0.4) is 0 Å². The third-order valence-corrected chi connectivity index (χ3v) is 3.51. The van der Waals surface area contributed by atoms with Crippen molar-refractivity contribution in [1.82, 2.24) is 4.90 Å². The molecule has 1 heteroatoms. The Hall–Kier alpha value is -0.300. The van der Waals surface area contributed by atoms with Crippen molar-refractivity contribution in [1.29, 1.82) is 0 Å². The number of nitrogens with zero attached hydrogens (tertiary/aromatic N) is 1. The van der Waals surface area contributed by atoms with Gasteiger partial charge in [-0.2, -0.15) is 0 Å². The van der Waals surface area contributed by atoms with E-state index in [0.717, 1.165) is 12.0 Å². The number of hydrogen-bond donors (Lipinski definition) is 0. The molecule has 2 unspecified atom stereocenters. The summed E-state index contributed by atoms with van der Waals surface area (Å²) in [5.41, 5.74) is 0. The minimum Gasteiger partial charge on any atom is -0.296 e. The van der Waals surface area contributed by atoms with E-state index in [4.69, 9.17) is 0 Å². The highest BCUT2D eigenvalue weighted by molar-refractivity contribution is 4.93. The lowest BCUT2D eigenvalue weighted by Gasteiger charge is -2.37. The second-order valence-corrected chi connectivity index (χ2v) is 4.68. The van der Waals surface area contributed by atoms with E-state index in [9.17, 15) is 0 Å². The van der Waals surface area contributed by atoms with Crippen LogP contribution in [0.15, 0.2) is 12.2 Å². The molecule has 0 amide bonds. The molecule has 2 aliphatic rings. The fraction of sp³-hybridized carbons (Fsp3) is 0.833. The standard InChI is InChI=1S/C12H21N/c1-11-6-5-7-12(10-11)13-8-3-2-4-9-13/h2-3,11-12H,4-10H2,1H3. The van der Waals surface area contributed by atoms with Gasteiger partial charge in [-0.1, -0.05) is 31.9 Å². The van der Waals surface area contributed by atoms with Crippen LogP contribution < -0.4 is 0 Å². The minimum absolute atomic E-state index is 0.897. The molecule has 1 aliphatic heterocycles. The van der Waals surface area contributed by atoms with E-state index in [0.29, 0.717) is 0 Å². The second kappa shape index (κ2) is 4.28. The Morgan fingerprint density at radius 2 is 2.15 bits per heavy atom. The van der Waals surface area contributed by atoms with Gasteiger partial charge in [0.15, 0.2) is 0 Å². The van der Waals surface area contributed by atoms with E-state index < -0.39 is 0 Å². The molecule has 1 fully saturated rings. The summed E-state index contributed by atoms with van der Waals surface area (Å²) in [6.07, 6.45) is 11.7. The Kier molecular flexibility index (Phi) is 3.05. The van der Waals surface area contributed by atoms with E-state index in [2.05, 4.69) is 24.0 Å². The van der Waals surface area contributed by atoms with E-state index >= 15 is 0 Å². The van der Waals surface area contributed by atoms with Crippen molar-refractivity contribution in [3.8, 4) is 0 Å². The summed E-state index contributed by atoms with van der Waals surface area (Å²) in [6.45, 7) is 4.91. The van der Waals surface area contributed by atoms with Gasteiger partial charge in [-0.3, -0.25) is 4.90 Å². The van der Waals surface area contributed by atoms with Crippen molar-refractivity contribution >= 4 is 0 Å². The van der Waals surface area contributed by atoms with Crippen LogP contribution in [-0.4, -0.2) is 24.0 Å². The number of rotatable bonds is 1. The van der Waals surface area contributed by atoms with Gasteiger partial charge in [0, 0.05) is 19.1 Å². The van der Waals surface area contributed by atoms with Crippen LogP contribution in [0.4, 0.5) is 0 Å². The van der Waals surface area contributed by atoms with Gasteiger partial charge in [0.2, 0.25) is 0 Å². The van der Waals surface area contributed by atoms with Crippen LogP contribution in [0.1, 0.15) is 39.0 Å². The minimum atomic E-state index is 0.897. The Morgan fingerprint density at radius 1 is 1.23 bits per heavy atom. The SMILES string of the molecule is CC1CCCC(N2CC=CCC2)C1. The van der Waals surface area contributed by atoms with Gasteiger partial charge in [0.1, 0.15) is 0 Å². The van der Waals surface area contributed by atoms with E-state index in [1.54, 1.807) is 0 Å². The lowest BCUT2D eigenvalue weighted by molar-refractivity contribution is 0.146. The zero-order chi connectivity index (χ0) is 9.10. The van der Waals surface area contributed by atoms with Crippen LogP contribution in [-0.2, 0) is 0 Å². The molecule has 0 bridgehead atoms. The summed E-state index contributed by atoms with van der Waals surface area (Å²) >= 11 is 0. The van der Waals surface area contributed by atoms with Gasteiger partial charge in [-0.25, -0.2) is 0 Å². The summed E-state index contributed by atoms with van der Waals surface area (Å²) in [6, 6.07) is 0.897. The van der Waals surface area contributed by atoms with Crippen LogP contribution >= 0.6 is 0 Å². The maximum absolute atomic E-state index is 2.68.